The maximum Gasteiger partial charge on any atom is 0.255 e. The van der Waals surface area contributed by atoms with Crippen molar-refractivity contribution in [3.05, 3.63) is 106 Å². The van der Waals surface area contributed by atoms with Gasteiger partial charge >= 0.3 is 0 Å². The van der Waals surface area contributed by atoms with E-state index in [-0.39, 0.29) is 17.0 Å². The molecule has 0 fully saturated rings. The van der Waals surface area contributed by atoms with Gasteiger partial charge in [-0.2, -0.15) is 0 Å². The standard InChI is InChI=1S/C24H22N2O5S2/c27-24(26-20-7-1-5-18(13-20)16-30-17-21-8-3-11-31-21)19-6-2-10-23(14-19)33(28,29)25-15-22-9-4-12-32-22/h1-14,25H,15-17H2,(H,26,27). The van der Waals surface area contributed by atoms with Crippen LogP contribution in [0.25, 0.3) is 0 Å². The molecule has 33 heavy (non-hydrogen) atoms. The van der Waals surface area contributed by atoms with E-state index in [1.165, 1.54) is 23.5 Å². The number of benzene rings is 2. The third-order valence-corrected chi connectivity index (χ3v) is 6.98. The van der Waals surface area contributed by atoms with Gasteiger partial charge < -0.3 is 14.5 Å². The Labute approximate surface area is 196 Å². The number of carbonyl (C=O) groups excluding carboxylic acids is 1. The summed E-state index contributed by atoms with van der Waals surface area (Å²) in [6.07, 6.45) is 1.59. The summed E-state index contributed by atoms with van der Waals surface area (Å²) in [7, 11) is -3.75. The highest BCUT2D eigenvalue weighted by Crippen LogP contribution is 2.17. The molecule has 0 saturated heterocycles. The third-order valence-electron chi connectivity index (χ3n) is 4.70. The number of carbonyl (C=O) groups is 1. The van der Waals surface area contributed by atoms with Gasteiger partial charge in [0.25, 0.3) is 5.91 Å². The van der Waals surface area contributed by atoms with Crippen LogP contribution in [0.1, 0.15) is 26.6 Å². The van der Waals surface area contributed by atoms with Crippen molar-refractivity contribution in [1.82, 2.24) is 4.72 Å². The van der Waals surface area contributed by atoms with E-state index in [1.807, 2.05) is 41.8 Å². The summed E-state index contributed by atoms with van der Waals surface area (Å²) in [5.74, 6) is 0.332. The predicted molar refractivity (Wildman–Crippen MR) is 126 cm³/mol. The van der Waals surface area contributed by atoms with Gasteiger partial charge in [-0.1, -0.05) is 24.3 Å². The first-order valence-corrected chi connectivity index (χ1v) is 12.5. The molecule has 2 N–H and O–H groups in total. The minimum absolute atomic E-state index is 0.0341. The maximum atomic E-state index is 12.8. The second kappa shape index (κ2) is 10.6. The molecule has 2 aromatic carbocycles. The lowest BCUT2D eigenvalue weighted by Gasteiger charge is -2.10. The molecule has 4 rings (SSSR count). The van der Waals surface area contributed by atoms with Crippen LogP contribution in [0, 0.1) is 0 Å². The van der Waals surface area contributed by atoms with E-state index in [4.69, 9.17) is 9.15 Å². The molecule has 1 amide bonds. The molecule has 2 aromatic heterocycles. The van der Waals surface area contributed by atoms with Gasteiger partial charge in [-0.05, 0) is 59.5 Å². The number of hydrogen-bond acceptors (Lipinski definition) is 6. The first kappa shape index (κ1) is 22.9. The van der Waals surface area contributed by atoms with Gasteiger partial charge in [0.15, 0.2) is 0 Å². The molecular weight excluding hydrogens is 460 g/mol. The lowest BCUT2D eigenvalue weighted by molar-refractivity contribution is 0.0929. The minimum atomic E-state index is -3.75. The molecule has 0 spiro atoms. The van der Waals surface area contributed by atoms with Crippen LogP contribution in [-0.2, 0) is 34.5 Å². The van der Waals surface area contributed by atoms with E-state index in [1.54, 1.807) is 30.5 Å². The Kier molecular flexibility index (Phi) is 7.36. The van der Waals surface area contributed by atoms with Gasteiger partial charge in [0.05, 0.1) is 17.8 Å². The molecule has 0 aliphatic heterocycles. The van der Waals surface area contributed by atoms with Crippen LogP contribution in [0.4, 0.5) is 5.69 Å². The molecule has 0 aliphatic carbocycles. The van der Waals surface area contributed by atoms with Gasteiger partial charge in [-0.15, -0.1) is 11.3 Å². The van der Waals surface area contributed by atoms with E-state index in [0.717, 1.165) is 16.2 Å². The number of amides is 1. The van der Waals surface area contributed by atoms with E-state index in [2.05, 4.69) is 10.0 Å². The van der Waals surface area contributed by atoms with Crippen LogP contribution in [0.3, 0.4) is 0 Å². The molecular formula is C24H22N2O5S2. The highest BCUT2D eigenvalue weighted by molar-refractivity contribution is 7.89. The summed E-state index contributed by atoms with van der Waals surface area (Å²) >= 11 is 1.47. The summed E-state index contributed by atoms with van der Waals surface area (Å²) in [6.45, 7) is 0.907. The van der Waals surface area contributed by atoms with Gasteiger partial charge in [0, 0.05) is 22.7 Å². The van der Waals surface area contributed by atoms with Gasteiger partial charge in [-0.25, -0.2) is 13.1 Å². The topological polar surface area (TPSA) is 97.6 Å². The number of sulfonamides is 1. The number of hydrogen-bond donors (Lipinski definition) is 2. The zero-order chi connectivity index (χ0) is 23.1. The molecule has 4 aromatic rings. The van der Waals surface area contributed by atoms with Gasteiger partial charge in [-0.3, -0.25) is 4.79 Å². The second-order valence-electron chi connectivity index (χ2n) is 7.16. The zero-order valence-electron chi connectivity index (χ0n) is 17.6. The molecule has 0 bridgehead atoms. The predicted octanol–water partition coefficient (Wildman–Crippen LogP) is 4.79. The van der Waals surface area contributed by atoms with Crippen molar-refractivity contribution in [2.24, 2.45) is 0 Å². The van der Waals surface area contributed by atoms with Gasteiger partial charge in [0.1, 0.15) is 12.4 Å². The van der Waals surface area contributed by atoms with Crippen molar-refractivity contribution >= 4 is 33.0 Å². The highest BCUT2D eigenvalue weighted by atomic mass is 32.2. The number of ether oxygens (including phenoxy) is 1. The van der Waals surface area contributed by atoms with Crippen LogP contribution in [0.15, 0.2) is 93.8 Å². The lowest BCUT2D eigenvalue weighted by Crippen LogP contribution is -2.23. The van der Waals surface area contributed by atoms with Crippen LogP contribution >= 0.6 is 11.3 Å². The first-order chi connectivity index (χ1) is 16.0. The first-order valence-electron chi connectivity index (χ1n) is 10.1. The monoisotopic (exact) mass is 482 g/mol. The molecule has 2 heterocycles. The van der Waals surface area contributed by atoms with Crippen molar-refractivity contribution in [2.75, 3.05) is 5.32 Å². The highest BCUT2D eigenvalue weighted by Gasteiger charge is 2.16. The van der Waals surface area contributed by atoms with E-state index in [9.17, 15) is 13.2 Å². The van der Waals surface area contributed by atoms with Crippen molar-refractivity contribution in [1.29, 1.82) is 0 Å². The smallest absolute Gasteiger partial charge is 0.255 e. The van der Waals surface area contributed by atoms with Crippen LogP contribution < -0.4 is 10.0 Å². The van der Waals surface area contributed by atoms with Crippen LogP contribution in [0.5, 0.6) is 0 Å². The fourth-order valence-electron chi connectivity index (χ4n) is 3.07. The quantitative estimate of drug-likeness (QED) is 0.339. The number of furan rings is 1. The Morgan fingerprint density at radius 1 is 0.970 bits per heavy atom. The fourth-order valence-corrected chi connectivity index (χ4v) is 4.86. The number of thiophene rings is 1. The Morgan fingerprint density at radius 2 is 1.85 bits per heavy atom. The lowest BCUT2D eigenvalue weighted by atomic mass is 10.2. The summed E-state index contributed by atoms with van der Waals surface area (Å²) in [4.78, 5) is 13.7. The van der Waals surface area contributed by atoms with Crippen molar-refractivity contribution in [3.8, 4) is 0 Å². The largest absolute Gasteiger partial charge is 0.467 e. The van der Waals surface area contributed by atoms with Crippen molar-refractivity contribution in [3.63, 3.8) is 0 Å². The Hall–Kier alpha value is -3.24. The summed E-state index contributed by atoms with van der Waals surface area (Å²) in [5.41, 5.74) is 1.71. The number of nitrogens with one attached hydrogen (secondary N) is 2. The molecule has 7 nitrogen and oxygen atoms in total. The van der Waals surface area contributed by atoms with Crippen molar-refractivity contribution < 1.29 is 22.4 Å². The molecule has 0 radical (unpaired) electrons. The second-order valence-corrected chi connectivity index (χ2v) is 9.96. The third kappa shape index (κ3) is 6.39. The number of rotatable bonds is 10. The zero-order valence-corrected chi connectivity index (χ0v) is 19.2. The fraction of sp³-hybridized carbons (Fsp3) is 0.125. The summed E-state index contributed by atoms with van der Waals surface area (Å²) < 4.78 is 38.7. The SMILES string of the molecule is O=C(Nc1cccc(COCc2ccco2)c1)c1cccc(S(=O)(=O)NCc2cccs2)c1. The average Bonchev–Trinajstić information content (AvgIpc) is 3.53. The Bertz CT molecular complexity index is 1300. The average molecular weight is 483 g/mol. The van der Waals surface area contributed by atoms with Crippen LogP contribution in [-0.4, -0.2) is 14.3 Å². The summed E-state index contributed by atoms with van der Waals surface area (Å²) in [5, 5.41) is 4.69. The van der Waals surface area contributed by atoms with E-state index in [0.29, 0.717) is 18.9 Å². The van der Waals surface area contributed by atoms with Crippen LogP contribution in [0.2, 0.25) is 0 Å². The molecule has 0 unspecified atom stereocenters. The summed E-state index contributed by atoms with van der Waals surface area (Å²) in [6, 6.07) is 20.6. The van der Waals surface area contributed by atoms with Gasteiger partial charge in [0.2, 0.25) is 10.0 Å². The molecule has 0 atom stereocenters. The van der Waals surface area contributed by atoms with E-state index < -0.39 is 15.9 Å². The molecule has 0 saturated carbocycles. The maximum absolute atomic E-state index is 12.8. The van der Waals surface area contributed by atoms with Crippen molar-refractivity contribution in [2.45, 2.75) is 24.7 Å². The molecule has 170 valence electrons. The Morgan fingerprint density at radius 3 is 2.64 bits per heavy atom. The normalized spacial score (nSPS) is 11.4. The molecule has 0 aliphatic rings. The van der Waals surface area contributed by atoms with E-state index >= 15 is 0 Å². The Balaban J connectivity index is 1.38. The minimum Gasteiger partial charge on any atom is -0.467 e. The molecule has 9 heteroatoms. The number of anilines is 1.